The Balaban J connectivity index is 1.68. The van der Waals surface area contributed by atoms with Gasteiger partial charge >= 0.3 is 17.9 Å². The molecule has 2 bridgehead atoms. The number of aliphatic hydroxyl groups is 1. The first-order valence-electron chi connectivity index (χ1n) is 8.98. The maximum atomic E-state index is 15.0. The standard InChI is InChI=1S/C17H23F5O3/c1-14(15(18,19)16(23,17(20,21)22)25-8-24-14)13-7-9-6-12(13)11-5-3-2-4-10(9)11/h9-13,23H,2-8H2,1H3. The molecule has 1 heterocycles. The van der Waals surface area contributed by atoms with E-state index < -0.39 is 36.2 Å². The van der Waals surface area contributed by atoms with Crippen LogP contribution in [0.15, 0.2) is 0 Å². The molecule has 0 aromatic carbocycles. The van der Waals surface area contributed by atoms with Crippen LogP contribution in [0.5, 0.6) is 0 Å². The van der Waals surface area contributed by atoms with Crippen molar-refractivity contribution >= 4 is 0 Å². The maximum Gasteiger partial charge on any atom is 0.449 e. The van der Waals surface area contributed by atoms with E-state index >= 15 is 0 Å². The lowest BCUT2D eigenvalue weighted by Crippen LogP contribution is -2.75. The van der Waals surface area contributed by atoms with Gasteiger partial charge < -0.3 is 14.6 Å². The minimum atomic E-state index is -5.60. The fraction of sp³-hybridized carbons (Fsp3) is 1.00. The van der Waals surface area contributed by atoms with Gasteiger partial charge in [0.15, 0.2) is 6.79 Å². The molecule has 7 atom stereocenters. The minimum Gasteiger partial charge on any atom is -0.354 e. The molecular formula is C17H23F5O3. The van der Waals surface area contributed by atoms with E-state index in [1.807, 2.05) is 0 Å². The van der Waals surface area contributed by atoms with Crippen molar-refractivity contribution in [2.75, 3.05) is 6.79 Å². The van der Waals surface area contributed by atoms with Crippen LogP contribution in [-0.2, 0) is 9.47 Å². The van der Waals surface area contributed by atoms with Crippen molar-refractivity contribution in [1.29, 1.82) is 0 Å². The molecule has 4 fully saturated rings. The first kappa shape index (κ1) is 17.9. The number of halogens is 5. The van der Waals surface area contributed by atoms with Gasteiger partial charge in [-0.1, -0.05) is 12.8 Å². The molecule has 1 N–H and O–H groups in total. The van der Waals surface area contributed by atoms with Crippen LogP contribution in [0.25, 0.3) is 0 Å². The van der Waals surface area contributed by atoms with Gasteiger partial charge in [-0.25, -0.2) is 0 Å². The predicted octanol–water partition coefficient (Wildman–Crippen LogP) is 4.10. The second-order valence-corrected chi connectivity index (χ2v) is 8.34. The summed E-state index contributed by atoms with van der Waals surface area (Å²) >= 11 is 0. The Morgan fingerprint density at radius 3 is 2.24 bits per heavy atom. The average molecular weight is 370 g/mol. The van der Waals surface area contributed by atoms with Crippen molar-refractivity contribution in [3.8, 4) is 0 Å². The third-order valence-electron chi connectivity index (χ3n) is 7.45. The summed E-state index contributed by atoms with van der Waals surface area (Å²) in [6.07, 6.45) is -0.174. The molecule has 4 aliphatic rings. The summed E-state index contributed by atoms with van der Waals surface area (Å²) in [4.78, 5) is 0. The highest BCUT2D eigenvalue weighted by molar-refractivity contribution is 5.14. The molecular weight excluding hydrogens is 347 g/mol. The Hall–Kier alpha value is -0.470. The van der Waals surface area contributed by atoms with Crippen LogP contribution in [0.3, 0.4) is 0 Å². The van der Waals surface area contributed by atoms with E-state index in [0.717, 1.165) is 39.0 Å². The van der Waals surface area contributed by atoms with Gasteiger partial charge in [0, 0.05) is 0 Å². The van der Waals surface area contributed by atoms with E-state index in [1.54, 1.807) is 0 Å². The quantitative estimate of drug-likeness (QED) is 0.707. The summed E-state index contributed by atoms with van der Waals surface area (Å²) in [5.41, 5.74) is -2.39. The first-order valence-corrected chi connectivity index (χ1v) is 8.98. The summed E-state index contributed by atoms with van der Waals surface area (Å²) in [5.74, 6) is -8.80. The molecule has 1 aliphatic heterocycles. The first-order chi connectivity index (χ1) is 11.5. The summed E-state index contributed by atoms with van der Waals surface area (Å²) in [6.45, 7) is 0.0273. The molecule has 25 heavy (non-hydrogen) atoms. The number of ether oxygens (including phenoxy) is 2. The topological polar surface area (TPSA) is 38.7 Å². The summed E-state index contributed by atoms with van der Waals surface area (Å²) < 4.78 is 78.7. The molecule has 4 rings (SSSR count). The third kappa shape index (κ3) is 2.13. The Kier molecular flexibility index (Phi) is 3.79. The summed E-state index contributed by atoms with van der Waals surface area (Å²) in [7, 11) is 0. The van der Waals surface area contributed by atoms with Gasteiger partial charge in [0.05, 0.1) is 0 Å². The van der Waals surface area contributed by atoms with Crippen molar-refractivity contribution < 1.29 is 36.5 Å². The molecule has 0 spiro atoms. The van der Waals surface area contributed by atoms with E-state index in [0.29, 0.717) is 12.3 Å². The number of fused-ring (bicyclic) bond motifs is 5. The van der Waals surface area contributed by atoms with Gasteiger partial charge in [0.25, 0.3) is 0 Å². The molecule has 0 aromatic rings. The van der Waals surface area contributed by atoms with Crippen LogP contribution in [0.1, 0.15) is 45.4 Å². The van der Waals surface area contributed by atoms with Crippen molar-refractivity contribution in [1.82, 2.24) is 0 Å². The van der Waals surface area contributed by atoms with Gasteiger partial charge in [-0.3, -0.25) is 0 Å². The number of rotatable bonds is 1. The van der Waals surface area contributed by atoms with Crippen molar-refractivity contribution in [2.45, 2.75) is 68.9 Å². The molecule has 0 amide bonds. The molecule has 1 saturated heterocycles. The van der Waals surface area contributed by atoms with Gasteiger partial charge in [-0.05, 0) is 62.2 Å². The SMILES string of the molecule is CC1(C2CC3CC2C2CCCCC32)OCOC(O)(C(F)(F)F)C1(F)F. The Bertz CT molecular complexity index is 553. The van der Waals surface area contributed by atoms with Gasteiger partial charge in [-0.2, -0.15) is 22.0 Å². The summed E-state index contributed by atoms with van der Waals surface area (Å²) in [5, 5.41) is 9.76. The van der Waals surface area contributed by atoms with E-state index in [4.69, 9.17) is 4.74 Å². The summed E-state index contributed by atoms with van der Waals surface area (Å²) in [6, 6.07) is 0. The van der Waals surface area contributed by atoms with Crippen LogP contribution >= 0.6 is 0 Å². The molecule has 0 radical (unpaired) electrons. The molecule has 0 aromatic heterocycles. The lowest BCUT2D eigenvalue weighted by atomic mass is 9.62. The molecule has 3 aliphatic carbocycles. The number of alkyl halides is 5. The van der Waals surface area contributed by atoms with Gasteiger partial charge in [-0.15, -0.1) is 0 Å². The molecule has 3 saturated carbocycles. The molecule has 3 nitrogen and oxygen atoms in total. The van der Waals surface area contributed by atoms with Crippen LogP contribution in [0.4, 0.5) is 22.0 Å². The van der Waals surface area contributed by atoms with Crippen LogP contribution in [-0.4, -0.2) is 35.4 Å². The minimum absolute atomic E-state index is 0.0678. The highest BCUT2D eigenvalue weighted by atomic mass is 19.4. The van der Waals surface area contributed by atoms with Crippen molar-refractivity contribution in [3.05, 3.63) is 0 Å². The van der Waals surface area contributed by atoms with Crippen LogP contribution in [0, 0.1) is 29.6 Å². The average Bonchev–Trinajstić information content (AvgIpc) is 3.12. The van der Waals surface area contributed by atoms with Gasteiger partial charge in [0.2, 0.25) is 0 Å². The molecule has 8 heteroatoms. The lowest BCUT2D eigenvalue weighted by molar-refractivity contribution is -0.506. The largest absolute Gasteiger partial charge is 0.449 e. The van der Waals surface area contributed by atoms with Gasteiger partial charge in [0.1, 0.15) is 5.60 Å². The highest BCUT2D eigenvalue weighted by Gasteiger charge is 2.81. The van der Waals surface area contributed by atoms with Crippen molar-refractivity contribution in [2.24, 2.45) is 29.6 Å². The van der Waals surface area contributed by atoms with Crippen LogP contribution in [0.2, 0.25) is 0 Å². The zero-order chi connectivity index (χ0) is 18.3. The Morgan fingerprint density at radius 2 is 1.60 bits per heavy atom. The molecule has 7 unspecified atom stereocenters. The number of hydrogen-bond donors (Lipinski definition) is 1. The van der Waals surface area contributed by atoms with E-state index in [1.165, 1.54) is 0 Å². The second kappa shape index (κ2) is 5.29. The molecule has 144 valence electrons. The second-order valence-electron chi connectivity index (χ2n) is 8.34. The van der Waals surface area contributed by atoms with Crippen molar-refractivity contribution in [3.63, 3.8) is 0 Å². The number of hydrogen-bond acceptors (Lipinski definition) is 3. The lowest BCUT2D eigenvalue weighted by Gasteiger charge is -2.54. The third-order valence-corrected chi connectivity index (χ3v) is 7.45. The fourth-order valence-electron chi connectivity index (χ4n) is 6.23. The van der Waals surface area contributed by atoms with E-state index in [2.05, 4.69) is 4.74 Å². The van der Waals surface area contributed by atoms with E-state index in [9.17, 15) is 27.1 Å². The monoisotopic (exact) mass is 370 g/mol. The Labute approximate surface area is 142 Å². The Morgan fingerprint density at radius 1 is 0.960 bits per heavy atom. The zero-order valence-corrected chi connectivity index (χ0v) is 14.0. The normalized spacial score (nSPS) is 52.2. The zero-order valence-electron chi connectivity index (χ0n) is 14.0. The predicted molar refractivity (Wildman–Crippen MR) is 76.5 cm³/mol. The fourth-order valence-corrected chi connectivity index (χ4v) is 6.23. The smallest absolute Gasteiger partial charge is 0.354 e. The van der Waals surface area contributed by atoms with E-state index in [-0.39, 0.29) is 17.8 Å². The van der Waals surface area contributed by atoms with Crippen LogP contribution < -0.4 is 0 Å². The highest BCUT2D eigenvalue weighted by Crippen LogP contribution is 2.66. The maximum absolute atomic E-state index is 15.0.